The Labute approximate surface area is 78.7 Å². The molecule has 1 atom stereocenters. The number of hydrogen-bond acceptors (Lipinski definition) is 2. The van der Waals surface area contributed by atoms with E-state index in [4.69, 9.17) is 11.5 Å². The van der Waals surface area contributed by atoms with Gasteiger partial charge in [0.2, 0.25) is 0 Å². The van der Waals surface area contributed by atoms with Gasteiger partial charge in [0.05, 0.1) is 0 Å². The minimum Gasteiger partial charge on any atom is -0.396 e. The smallest absolute Gasteiger partial charge is 0.298 e. The molecule has 3 nitrogen and oxygen atoms in total. The van der Waals surface area contributed by atoms with Crippen molar-refractivity contribution in [1.29, 1.82) is 0 Å². The normalized spacial score (nSPS) is 22.5. The topological polar surface area (TPSA) is 40.5 Å². The average Bonchev–Trinajstić information content (AvgIpc) is 2.18. The van der Waals surface area contributed by atoms with Crippen molar-refractivity contribution in [3.05, 3.63) is 0 Å². The summed E-state index contributed by atoms with van der Waals surface area (Å²) in [7, 11) is 0. The molecule has 72 valence electrons. The Balaban J connectivity index is 2.42. The zero-order valence-corrected chi connectivity index (χ0v) is 7.70. The third kappa shape index (κ3) is 2.74. The van der Waals surface area contributed by atoms with Gasteiger partial charge in [0.15, 0.2) is 0 Å². The van der Waals surface area contributed by atoms with Gasteiger partial charge in [0.1, 0.15) is 0 Å². The lowest BCUT2D eigenvalue weighted by Crippen LogP contribution is -2.39. The summed E-state index contributed by atoms with van der Waals surface area (Å²) < 4.78 is 0. The molecule has 0 spiro atoms. The molecule has 1 aliphatic heterocycles. The number of likely N-dealkylation sites (tertiary alicyclic amines) is 1. The summed E-state index contributed by atoms with van der Waals surface area (Å²) in [5, 5.41) is 8.76. The quantitative estimate of drug-likeness (QED) is 0.620. The second-order valence-electron chi connectivity index (χ2n) is 3.42. The van der Waals surface area contributed by atoms with Gasteiger partial charge in [-0.2, -0.15) is 0 Å². The first-order chi connectivity index (χ1) is 6.27. The van der Waals surface area contributed by atoms with Crippen LogP contribution < -0.4 is 0 Å². The molecule has 0 aromatic heterocycles. The van der Waals surface area contributed by atoms with E-state index in [2.05, 4.69) is 5.92 Å². The van der Waals surface area contributed by atoms with Crippen molar-refractivity contribution in [2.45, 2.75) is 19.3 Å². The van der Waals surface area contributed by atoms with E-state index in [0.29, 0.717) is 12.5 Å². The summed E-state index contributed by atoms with van der Waals surface area (Å²) in [6.45, 7) is 1.68. The van der Waals surface area contributed by atoms with Gasteiger partial charge in [-0.25, -0.2) is 0 Å². The Bertz CT molecular complexity index is 217. The zero-order chi connectivity index (χ0) is 9.68. The number of rotatable bonds is 2. The highest BCUT2D eigenvalue weighted by molar-refractivity contribution is 5.92. The second kappa shape index (κ2) is 4.88. The molecule has 3 heteroatoms. The van der Waals surface area contributed by atoms with Gasteiger partial charge in [-0.15, -0.1) is 6.42 Å². The molecule has 0 aliphatic carbocycles. The lowest BCUT2D eigenvalue weighted by atomic mass is 9.95. The van der Waals surface area contributed by atoms with Gasteiger partial charge in [-0.1, -0.05) is 0 Å². The van der Waals surface area contributed by atoms with Gasteiger partial charge in [-0.3, -0.25) is 4.79 Å². The Hall–Kier alpha value is -1.01. The molecule has 1 aliphatic rings. The van der Waals surface area contributed by atoms with Crippen LogP contribution in [0.15, 0.2) is 0 Å². The van der Waals surface area contributed by atoms with Crippen molar-refractivity contribution in [3.63, 3.8) is 0 Å². The molecular formula is C10H15NO2. The minimum atomic E-state index is -0.220. The van der Waals surface area contributed by atoms with Crippen molar-refractivity contribution in [2.24, 2.45) is 5.92 Å². The Morgan fingerprint density at radius 2 is 2.46 bits per heavy atom. The van der Waals surface area contributed by atoms with Crippen molar-refractivity contribution in [3.8, 4) is 12.3 Å². The summed E-state index contributed by atoms with van der Waals surface area (Å²) in [6.07, 6.45) is 7.89. The van der Waals surface area contributed by atoms with E-state index < -0.39 is 0 Å². The molecule has 1 unspecified atom stereocenters. The summed E-state index contributed by atoms with van der Waals surface area (Å²) in [4.78, 5) is 12.8. The maximum absolute atomic E-state index is 11.1. The van der Waals surface area contributed by atoms with Crippen molar-refractivity contribution in [1.82, 2.24) is 4.90 Å². The number of carbonyl (C=O) groups is 1. The number of nitrogens with zero attached hydrogens (tertiary/aromatic N) is 1. The van der Waals surface area contributed by atoms with Crippen molar-refractivity contribution >= 4 is 5.91 Å². The van der Waals surface area contributed by atoms with Crippen molar-refractivity contribution < 1.29 is 9.90 Å². The lowest BCUT2D eigenvalue weighted by Gasteiger charge is -2.31. The van der Waals surface area contributed by atoms with E-state index in [1.807, 2.05) is 0 Å². The van der Waals surface area contributed by atoms with E-state index >= 15 is 0 Å². The predicted octanol–water partition coefficient (Wildman–Crippen LogP) is 0.241. The third-order valence-electron chi connectivity index (χ3n) is 2.47. The average molecular weight is 181 g/mol. The molecule has 1 heterocycles. The van der Waals surface area contributed by atoms with Gasteiger partial charge >= 0.3 is 0 Å². The minimum absolute atomic E-state index is 0.197. The SMILES string of the molecule is C#CC(=O)N1CCCC(CCO)C1. The zero-order valence-electron chi connectivity index (χ0n) is 7.70. The van der Waals surface area contributed by atoms with Crippen LogP contribution in [-0.2, 0) is 4.79 Å². The summed E-state index contributed by atoms with van der Waals surface area (Å²) in [5.74, 6) is 2.33. The number of piperidine rings is 1. The highest BCUT2D eigenvalue weighted by atomic mass is 16.3. The molecule has 1 rings (SSSR count). The van der Waals surface area contributed by atoms with E-state index in [1.165, 1.54) is 0 Å². The molecule has 0 saturated carbocycles. The number of amides is 1. The van der Waals surface area contributed by atoms with Crippen LogP contribution >= 0.6 is 0 Å². The van der Waals surface area contributed by atoms with E-state index in [1.54, 1.807) is 4.90 Å². The molecular weight excluding hydrogens is 166 g/mol. The van der Waals surface area contributed by atoms with Crippen LogP contribution in [0, 0.1) is 18.3 Å². The van der Waals surface area contributed by atoms with Crippen LogP contribution in [-0.4, -0.2) is 35.6 Å². The largest absolute Gasteiger partial charge is 0.396 e. The highest BCUT2D eigenvalue weighted by Gasteiger charge is 2.21. The lowest BCUT2D eigenvalue weighted by molar-refractivity contribution is -0.126. The Kier molecular flexibility index (Phi) is 3.78. The standard InChI is InChI=1S/C10H15NO2/c1-2-10(13)11-6-3-4-9(8-11)5-7-12/h1,9,12H,3-8H2. The highest BCUT2D eigenvalue weighted by Crippen LogP contribution is 2.18. The van der Waals surface area contributed by atoms with Crippen LogP contribution in [0.4, 0.5) is 0 Å². The first-order valence-corrected chi connectivity index (χ1v) is 4.64. The first kappa shape index (κ1) is 10.1. The molecule has 1 saturated heterocycles. The van der Waals surface area contributed by atoms with E-state index in [9.17, 15) is 4.79 Å². The van der Waals surface area contributed by atoms with Crippen LogP contribution in [0.2, 0.25) is 0 Å². The number of aliphatic hydroxyl groups excluding tert-OH is 1. The maximum atomic E-state index is 11.1. The second-order valence-corrected chi connectivity index (χ2v) is 3.42. The molecule has 13 heavy (non-hydrogen) atoms. The van der Waals surface area contributed by atoms with Gasteiger partial charge < -0.3 is 10.0 Å². The van der Waals surface area contributed by atoms with Gasteiger partial charge in [-0.05, 0) is 31.1 Å². The molecule has 0 radical (unpaired) electrons. The van der Waals surface area contributed by atoms with E-state index in [0.717, 1.165) is 25.8 Å². The van der Waals surface area contributed by atoms with Crippen molar-refractivity contribution in [2.75, 3.05) is 19.7 Å². The third-order valence-corrected chi connectivity index (χ3v) is 2.47. The fourth-order valence-electron chi connectivity index (χ4n) is 1.76. The van der Waals surface area contributed by atoms with Crippen LogP contribution in [0.3, 0.4) is 0 Å². The van der Waals surface area contributed by atoms with Crippen LogP contribution in [0.5, 0.6) is 0 Å². The number of aliphatic hydroxyl groups is 1. The number of hydrogen-bond donors (Lipinski definition) is 1. The maximum Gasteiger partial charge on any atom is 0.298 e. The van der Waals surface area contributed by atoms with E-state index in [-0.39, 0.29) is 12.5 Å². The van der Waals surface area contributed by atoms with Crippen LogP contribution in [0.1, 0.15) is 19.3 Å². The molecule has 0 aromatic rings. The molecule has 0 bridgehead atoms. The van der Waals surface area contributed by atoms with Gasteiger partial charge in [0, 0.05) is 19.7 Å². The fraction of sp³-hybridized carbons (Fsp3) is 0.700. The summed E-state index contributed by atoms with van der Waals surface area (Å²) >= 11 is 0. The fourth-order valence-corrected chi connectivity index (χ4v) is 1.76. The summed E-state index contributed by atoms with van der Waals surface area (Å²) in [6, 6.07) is 0. The number of terminal acetylenes is 1. The Morgan fingerprint density at radius 1 is 1.69 bits per heavy atom. The number of carbonyl (C=O) groups excluding carboxylic acids is 1. The molecule has 1 N–H and O–H groups in total. The molecule has 0 aromatic carbocycles. The molecule has 1 amide bonds. The summed E-state index contributed by atoms with van der Waals surface area (Å²) in [5.41, 5.74) is 0. The Morgan fingerprint density at radius 3 is 3.08 bits per heavy atom. The monoisotopic (exact) mass is 181 g/mol. The van der Waals surface area contributed by atoms with Gasteiger partial charge in [0.25, 0.3) is 5.91 Å². The van der Waals surface area contributed by atoms with Crippen LogP contribution in [0.25, 0.3) is 0 Å². The first-order valence-electron chi connectivity index (χ1n) is 4.64. The molecule has 1 fully saturated rings. The predicted molar refractivity (Wildman–Crippen MR) is 49.8 cm³/mol.